The second-order valence-corrected chi connectivity index (χ2v) is 4.99. The van der Waals surface area contributed by atoms with Gasteiger partial charge in [-0.1, -0.05) is 0 Å². The Kier molecular flexibility index (Phi) is 3.98. The van der Waals surface area contributed by atoms with Gasteiger partial charge < -0.3 is 10.4 Å². The van der Waals surface area contributed by atoms with Crippen molar-refractivity contribution in [2.45, 2.75) is 0 Å². The Morgan fingerprint density at radius 3 is 2.37 bits per heavy atom. The summed E-state index contributed by atoms with van der Waals surface area (Å²) in [7, 11) is 0. The molecule has 0 spiro atoms. The maximum Gasteiger partial charge on any atom is 0.262 e. The summed E-state index contributed by atoms with van der Waals surface area (Å²) in [5.41, 5.74) is -0.131. The molecule has 0 fully saturated rings. The summed E-state index contributed by atoms with van der Waals surface area (Å²) >= 11 is 2.10. The average molecular weight is 375 g/mol. The van der Waals surface area contributed by atoms with E-state index in [1.54, 1.807) is 24.3 Å². The zero-order chi connectivity index (χ0) is 14.0. The molecule has 0 aliphatic carbocycles. The van der Waals surface area contributed by atoms with Gasteiger partial charge in [0.15, 0.2) is 0 Å². The van der Waals surface area contributed by atoms with E-state index in [1.165, 1.54) is 0 Å². The first-order valence-corrected chi connectivity index (χ1v) is 6.30. The molecule has 2 aromatic rings. The number of hydrogen-bond donors (Lipinski definition) is 2. The molecular weight excluding hydrogens is 367 g/mol. The van der Waals surface area contributed by atoms with E-state index in [2.05, 4.69) is 27.9 Å². The van der Waals surface area contributed by atoms with Crippen LogP contribution in [0.1, 0.15) is 10.4 Å². The number of anilines is 1. The summed E-state index contributed by atoms with van der Waals surface area (Å²) < 4.78 is 27.3. The van der Waals surface area contributed by atoms with Crippen molar-refractivity contribution in [3.05, 3.63) is 57.2 Å². The number of benzene rings is 2. The second kappa shape index (κ2) is 5.52. The van der Waals surface area contributed by atoms with Crippen molar-refractivity contribution in [2.75, 3.05) is 5.32 Å². The van der Waals surface area contributed by atoms with Crippen LogP contribution in [0.5, 0.6) is 5.75 Å². The van der Waals surface area contributed by atoms with E-state index in [1.807, 2.05) is 0 Å². The van der Waals surface area contributed by atoms with Gasteiger partial charge >= 0.3 is 0 Å². The fourth-order valence-electron chi connectivity index (χ4n) is 1.51. The molecule has 0 heterocycles. The topological polar surface area (TPSA) is 49.3 Å². The number of phenolic OH excluding ortho intramolecular Hbond substituents is 1. The van der Waals surface area contributed by atoms with Crippen LogP contribution in [-0.2, 0) is 0 Å². The molecule has 0 aliphatic heterocycles. The highest BCUT2D eigenvalue weighted by atomic mass is 127. The standard InChI is InChI=1S/C13H8F2INO2/c14-7-5-10(15)12(11(18)6-7)13(19)17-9-3-1-8(16)2-4-9/h1-6,18H,(H,17,19). The number of phenols is 1. The molecule has 2 aromatic carbocycles. The second-order valence-electron chi connectivity index (χ2n) is 3.74. The predicted octanol–water partition coefficient (Wildman–Crippen LogP) is 3.53. The molecule has 2 rings (SSSR count). The number of carbonyl (C=O) groups excluding carboxylic acids is 1. The normalized spacial score (nSPS) is 10.3. The van der Waals surface area contributed by atoms with Crippen molar-refractivity contribution >= 4 is 34.2 Å². The molecule has 1 amide bonds. The zero-order valence-corrected chi connectivity index (χ0v) is 11.6. The van der Waals surface area contributed by atoms with Crippen LogP contribution in [0.25, 0.3) is 0 Å². The van der Waals surface area contributed by atoms with Gasteiger partial charge in [0, 0.05) is 21.4 Å². The van der Waals surface area contributed by atoms with Gasteiger partial charge in [0.25, 0.3) is 5.91 Å². The molecule has 0 atom stereocenters. The van der Waals surface area contributed by atoms with Gasteiger partial charge in [-0.2, -0.15) is 0 Å². The number of halogens is 3. The molecule has 3 nitrogen and oxygen atoms in total. The summed E-state index contributed by atoms with van der Waals surface area (Å²) in [5, 5.41) is 11.8. The van der Waals surface area contributed by atoms with Crippen molar-refractivity contribution in [1.29, 1.82) is 0 Å². The predicted molar refractivity (Wildman–Crippen MR) is 75.1 cm³/mol. The van der Waals surface area contributed by atoms with Crippen molar-refractivity contribution in [2.24, 2.45) is 0 Å². The molecule has 0 saturated carbocycles. The highest BCUT2D eigenvalue weighted by molar-refractivity contribution is 14.1. The Morgan fingerprint density at radius 2 is 1.79 bits per heavy atom. The number of rotatable bonds is 2. The van der Waals surface area contributed by atoms with Crippen LogP contribution in [0.2, 0.25) is 0 Å². The lowest BCUT2D eigenvalue weighted by Gasteiger charge is -2.08. The molecule has 2 N–H and O–H groups in total. The van der Waals surface area contributed by atoms with Gasteiger partial charge in [-0.25, -0.2) is 8.78 Å². The van der Waals surface area contributed by atoms with Crippen LogP contribution in [0.4, 0.5) is 14.5 Å². The Balaban J connectivity index is 2.28. The smallest absolute Gasteiger partial charge is 0.262 e. The van der Waals surface area contributed by atoms with Gasteiger partial charge in [-0.3, -0.25) is 4.79 Å². The van der Waals surface area contributed by atoms with Gasteiger partial charge in [-0.15, -0.1) is 0 Å². The Bertz CT molecular complexity index is 606. The molecule has 0 aliphatic rings. The fraction of sp³-hybridized carbons (Fsp3) is 0. The summed E-state index contributed by atoms with van der Waals surface area (Å²) in [6.45, 7) is 0. The summed E-state index contributed by atoms with van der Waals surface area (Å²) in [4.78, 5) is 11.8. The summed E-state index contributed by atoms with van der Waals surface area (Å²) in [5.74, 6) is -3.63. The van der Waals surface area contributed by atoms with Gasteiger partial charge in [0.1, 0.15) is 22.9 Å². The minimum Gasteiger partial charge on any atom is -0.507 e. The number of amides is 1. The highest BCUT2D eigenvalue weighted by Crippen LogP contribution is 2.23. The van der Waals surface area contributed by atoms with E-state index in [9.17, 15) is 18.7 Å². The maximum absolute atomic E-state index is 13.5. The van der Waals surface area contributed by atoms with E-state index in [-0.39, 0.29) is 0 Å². The molecule has 98 valence electrons. The molecule has 0 saturated heterocycles. The van der Waals surface area contributed by atoms with E-state index in [4.69, 9.17) is 0 Å². The van der Waals surface area contributed by atoms with Crippen molar-refractivity contribution in [3.8, 4) is 5.75 Å². The van der Waals surface area contributed by atoms with Gasteiger partial charge in [0.05, 0.1) is 0 Å². The van der Waals surface area contributed by atoms with Crippen LogP contribution in [0.3, 0.4) is 0 Å². The lowest BCUT2D eigenvalue weighted by molar-refractivity contribution is 0.102. The first-order valence-electron chi connectivity index (χ1n) is 5.22. The van der Waals surface area contributed by atoms with E-state index >= 15 is 0 Å². The lowest BCUT2D eigenvalue weighted by Crippen LogP contribution is -2.14. The highest BCUT2D eigenvalue weighted by Gasteiger charge is 2.18. The molecule has 0 aromatic heterocycles. The van der Waals surface area contributed by atoms with Gasteiger partial charge in [0.2, 0.25) is 0 Å². The first kappa shape index (κ1) is 13.7. The molecular formula is C13H8F2INO2. The van der Waals surface area contributed by atoms with Crippen LogP contribution in [-0.4, -0.2) is 11.0 Å². The van der Waals surface area contributed by atoms with Crippen LogP contribution in [0, 0.1) is 15.2 Å². The largest absolute Gasteiger partial charge is 0.507 e. The van der Waals surface area contributed by atoms with Crippen LogP contribution in [0.15, 0.2) is 36.4 Å². The van der Waals surface area contributed by atoms with Crippen LogP contribution < -0.4 is 5.32 Å². The van der Waals surface area contributed by atoms with E-state index in [0.29, 0.717) is 17.8 Å². The summed E-state index contributed by atoms with van der Waals surface area (Å²) in [6.07, 6.45) is 0. The van der Waals surface area contributed by atoms with Crippen molar-refractivity contribution in [3.63, 3.8) is 0 Å². The SMILES string of the molecule is O=C(Nc1ccc(I)cc1)c1c(O)cc(F)cc1F. The molecule has 0 bridgehead atoms. The number of hydrogen-bond acceptors (Lipinski definition) is 2. The van der Waals surface area contributed by atoms with Crippen molar-refractivity contribution in [1.82, 2.24) is 0 Å². The average Bonchev–Trinajstić information content (AvgIpc) is 2.30. The fourth-order valence-corrected chi connectivity index (χ4v) is 1.87. The Labute approximate surface area is 121 Å². The van der Waals surface area contributed by atoms with Gasteiger partial charge in [-0.05, 0) is 46.9 Å². The Hall–Kier alpha value is -1.70. The Morgan fingerprint density at radius 1 is 1.16 bits per heavy atom. The zero-order valence-electron chi connectivity index (χ0n) is 9.45. The maximum atomic E-state index is 13.5. The minimum absolute atomic E-state index is 0.452. The van der Waals surface area contributed by atoms with E-state index < -0.39 is 28.9 Å². The third-order valence-electron chi connectivity index (χ3n) is 2.36. The van der Waals surface area contributed by atoms with Crippen molar-refractivity contribution < 1.29 is 18.7 Å². The third-order valence-corrected chi connectivity index (χ3v) is 3.08. The van der Waals surface area contributed by atoms with E-state index in [0.717, 1.165) is 3.57 Å². The molecule has 6 heteroatoms. The molecule has 0 radical (unpaired) electrons. The summed E-state index contributed by atoms with van der Waals surface area (Å²) in [6, 6.07) is 8.03. The molecule has 19 heavy (non-hydrogen) atoms. The monoisotopic (exact) mass is 375 g/mol. The lowest BCUT2D eigenvalue weighted by atomic mass is 10.1. The van der Waals surface area contributed by atoms with Crippen LogP contribution >= 0.6 is 22.6 Å². The quantitative estimate of drug-likeness (QED) is 0.790. The number of aromatic hydroxyl groups is 1. The molecule has 0 unspecified atom stereocenters. The third kappa shape index (κ3) is 3.19. The minimum atomic E-state index is -1.11. The number of nitrogens with one attached hydrogen (secondary N) is 1. The first-order chi connectivity index (χ1) is 8.97. The number of carbonyl (C=O) groups is 1.